The molecule has 7 rings (SSSR count). The van der Waals surface area contributed by atoms with E-state index < -0.39 is 0 Å². The molecule has 0 spiro atoms. The highest BCUT2D eigenvalue weighted by atomic mass is 16.2. The predicted octanol–water partition coefficient (Wildman–Crippen LogP) is 5.88. The third-order valence-electron chi connectivity index (χ3n) is 8.15. The normalized spacial score (nSPS) is 16.5. The summed E-state index contributed by atoms with van der Waals surface area (Å²) in [5.41, 5.74) is 8.50. The van der Waals surface area contributed by atoms with Gasteiger partial charge in [0.2, 0.25) is 5.91 Å². The van der Waals surface area contributed by atoms with E-state index in [-0.39, 0.29) is 17.9 Å². The van der Waals surface area contributed by atoms with Gasteiger partial charge in [0.25, 0.3) is 5.91 Å². The van der Waals surface area contributed by atoms with Crippen molar-refractivity contribution in [2.24, 2.45) is 0 Å². The Kier molecular flexibility index (Phi) is 6.17. The Morgan fingerprint density at radius 3 is 2.40 bits per heavy atom. The number of fused-ring (bicyclic) bond motifs is 4. The van der Waals surface area contributed by atoms with Crippen molar-refractivity contribution in [3.63, 3.8) is 0 Å². The molecule has 198 valence electrons. The average molecular weight is 527 g/mol. The number of hydrogen-bond donors (Lipinski definition) is 2. The molecule has 1 atom stereocenters. The number of carbonyl (C=O) groups is 2. The van der Waals surface area contributed by atoms with Crippen LogP contribution in [0.1, 0.15) is 33.1 Å². The van der Waals surface area contributed by atoms with Crippen LogP contribution < -0.4 is 5.32 Å². The molecule has 2 aliphatic rings. The van der Waals surface area contributed by atoms with Gasteiger partial charge in [-0.25, -0.2) is 0 Å². The van der Waals surface area contributed by atoms with Crippen molar-refractivity contribution >= 4 is 28.4 Å². The van der Waals surface area contributed by atoms with Crippen LogP contribution in [0.3, 0.4) is 0 Å². The van der Waals surface area contributed by atoms with Gasteiger partial charge >= 0.3 is 0 Å². The number of aromatic amines is 1. The molecule has 0 bridgehead atoms. The van der Waals surface area contributed by atoms with Crippen LogP contribution >= 0.6 is 0 Å². The molecule has 0 radical (unpaired) electrons. The molecule has 1 aliphatic heterocycles. The molecule has 1 fully saturated rings. The number of hydrogen-bond acceptors (Lipinski definition) is 3. The van der Waals surface area contributed by atoms with Gasteiger partial charge in [-0.05, 0) is 64.2 Å². The summed E-state index contributed by atoms with van der Waals surface area (Å²) >= 11 is 0. The molecule has 1 unspecified atom stereocenters. The molecule has 1 saturated heterocycles. The predicted molar refractivity (Wildman–Crippen MR) is 158 cm³/mol. The fourth-order valence-electron chi connectivity index (χ4n) is 6.19. The molecule has 1 aromatic heterocycles. The highest BCUT2D eigenvalue weighted by molar-refractivity contribution is 5.98. The zero-order valence-corrected chi connectivity index (χ0v) is 22.1. The highest BCUT2D eigenvalue weighted by Crippen LogP contribution is 2.47. The van der Waals surface area contributed by atoms with Gasteiger partial charge in [-0.2, -0.15) is 0 Å². The Morgan fingerprint density at radius 2 is 1.55 bits per heavy atom. The number of benzene rings is 4. The Morgan fingerprint density at radius 1 is 0.775 bits per heavy atom. The maximum atomic E-state index is 13.3. The largest absolute Gasteiger partial charge is 0.361 e. The van der Waals surface area contributed by atoms with Gasteiger partial charge in [-0.1, -0.05) is 60.7 Å². The lowest BCUT2D eigenvalue weighted by molar-refractivity contribution is -0.115. The van der Waals surface area contributed by atoms with E-state index in [1.807, 2.05) is 71.8 Å². The molecule has 6 nitrogen and oxygen atoms in total. The number of nitrogens with one attached hydrogen (secondary N) is 2. The molecule has 2 N–H and O–H groups in total. The number of piperazine rings is 1. The van der Waals surface area contributed by atoms with E-state index in [0.29, 0.717) is 19.5 Å². The van der Waals surface area contributed by atoms with Gasteiger partial charge in [0.15, 0.2) is 0 Å². The Bertz CT molecular complexity index is 1720. The molecular weight excluding hydrogens is 496 g/mol. The monoisotopic (exact) mass is 526 g/mol. The van der Waals surface area contributed by atoms with E-state index in [2.05, 4.69) is 51.6 Å². The molecule has 40 heavy (non-hydrogen) atoms. The van der Waals surface area contributed by atoms with Gasteiger partial charge in [-0.3, -0.25) is 14.5 Å². The fraction of sp³-hybridized carbons (Fsp3) is 0.176. The first kappa shape index (κ1) is 24.4. The molecule has 6 heteroatoms. The zero-order chi connectivity index (χ0) is 27.1. The molecule has 4 aromatic carbocycles. The highest BCUT2D eigenvalue weighted by Gasteiger charge is 2.35. The second kappa shape index (κ2) is 10.1. The molecular formula is C34H30N4O2. The van der Waals surface area contributed by atoms with Crippen LogP contribution in [0.2, 0.25) is 0 Å². The van der Waals surface area contributed by atoms with Crippen LogP contribution in [-0.2, 0) is 11.2 Å². The second-order valence-electron chi connectivity index (χ2n) is 10.6. The second-order valence-corrected chi connectivity index (χ2v) is 10.6. The van der Waals surface area contributed by atoms with Gasteiger partial charge in [0.1, 0.15) is 0 Å². The minimum atomic E-state index is -0.0248. The molecule has 2 amide bonds. The van der Waals surface area contributed by atoms with Crippen molar-refractivity contribution in [3.05, 3.63) is 126 Å². The number of anilines is 1. The number of H-pyrrole nitrogens is 1. The average Bonchev–Trinajstić information content (AvgIpc) is 3.59. The first-order valence-corrected chi connectivity index (χ1v) is 13.8. The third-order valence-corrected chi connectivity index (χ3v) is 8.15. The Hall–Kier alpha value is -4.68. The van der Waals surface area contributed by atoms with Crippen molar-refractivity contribution in [1.29, 1.82) is 0 Å². The first-order chi connectivity index (χ1) is 19.6. The van der Waals surface area contributed by atoms with Gasteiger partial charge in [0.05, 0.1) is 12.5 Å². The number of rotatable bonds is 5. The van der Waals surface area contributed by atoms with Crippen molar-refractivity contribution in [2.75, 3.05) is 31.5 Å². The Labute approximate surface area is 233 Å². The van der Waals surface area contributed by atoms with Gasteiger partial charge in [0, 0.05) is 54.5 Å². The number of amides is 2. The van der Waals surface area contributed by atoms with Crippen LogP contribution in [-0.4, -0.2) is 52.8 Å². The van der Waals surface area contributed by atoms with Gasteiger partial charge in [-0.15, -0.1) is 0 Å². The Balaban J connectivity index is 1.10. The lowest BCUT2D eigenvalue weighted by atomic mass is 10.0. The smallest absolute Gasteiger partial charge is 0.253 e. The summed E-state index contributed by atoms with van der Waals surface area (Å²) in [6.07, 6.45) is 2.24. The molecule has 1 aliphatic carbocycles. The van der Waals surface area contributed by atoms with Gasteiger partial charge < -0.3 is 15.2 Å². The van der Waals surface area contributed by atoms with Crippen LogP contribution in [0.4, 0.5) is 5.69 Å². The number of nitrogens with zero attached hydrogens (tertiary/aromatic N) is 2. The van der Waals surface area contributed by atoms with E-state index in [9.17, 15) is 9.59 Å². The summed E-state index contributed by atoms with van der Waals surface area (Å²) < 4.78 is 0. The van der Waals surface area contributed by atoms with E-state index in [0.717, 1.165) is 40.8 Å². The molecule has 5 aromatic rings. The maximum Gasteiger partial charge on any atom is 0.253 e. The summed E-state index contributed by atoms with van der Waals surface area (Å²) in [7, 11) is 0. The van der Waals surface area contributed by atoms with Crippen molar-refractivity contribution in [3.8, 4) is 11.1 Å². The minimum absolute atomic E-state index is 0.0248. The van der Waals surface area contributed by atoms with E-state index >= 15 is 0 Å². The molecule has 0 saturated carbocycles. The number of carbonyl (C=O) groups excluding carboxylic acids is 2. The zero-order valence-electron chi connectivity index (χ0n) is 22.1. The van der Waals surface area contributed by atoms with Crippen molar-refractivity contribution in [1.82, 2.24) is 14.8 Å². The first-order valence-electron chi connectivity index (χ1n) is 13.8. The lowest BCUT2D eigenvalue weighted by Crippen LogP contribution is -2.49. The van der Waals surface area contributed by atoms with Crippen LogP contribution in [0, 0.1) is 0 Å². The SMILES string of the molecule is O=C(Cc1ccccc1)Nc1ccc2c(c1)C(N1CCN(C(=O)c3ccc4[nH]ccc4c3)CC1)c1ccccc1-2. The topological polar surface area (TPSA) is 68.4 Å². The van der Waals surface area contributed by atoms with Crippen LogP contribution in [0.25, 0.3) is 22.0 Å². The maximum absolute atomic E-state index is 13.3. The quantitative estimate of drug-likeness (QED) is 0.301. The third kappa shape index (κ3) is 4.46. The van der Waals surface area contributed by atoms with Crippen molar-refractivity contribution in [2.45, 2.75) is 12.5 Å². The standard InChI is InChI=1S/C34H30N4O2/c39-32(20-23-6-2-1-3-7-23)36-26-11-12-28-27-8-4-5-9-29(27)33(30(28)22-26)37-16-18-38(19-17-37)34(40)25-10-13-31-24(21-25)14-15-35-31/h1-15,21-22,33,35H,16-20H2,(H,36,39). The summed E-state index contributed by atoms with van der Waals surface area (Å²) in [5.74, 6) is 0.0570. The van der Waals surface area contributed by atoms with E-state index in [1.165, 1.54) is 22.3 Å². The van der Waals surface area contributed by atoms with Crippen molar-refractivity contribution < 1.29 is 9.59 Å². The molecule has 2 heterocycles. The summed E-state index contributed by atoms with van der Waals surface area (Å²) in [6.45, 7) is 2.90. The summed E-state index contributed by atoms with van der Waals surface area (Å²) in [6, 6.07) is 32.6. The summed E-state index contributed by atoms with van der Waals surface area (Å²) in [5, 5.41) is 4.16. The fourth-order valence-corrected chi connectivity index (χ4v) is 6.19. The van der Waals surface area contributed by atoms with Crippen LogP contribution in [0.5, 0.6) is 0 Å². The minimum Gasteiger partial charge on any atom is -0.361 e. The van der Waals surface area contributed by atoms with E-state index in [4.69, 9.17) is 0 Å². The summed E-state index contributed by atoms with van der Waals surface area (Å²) in [4.78, 5) is 33.7. The lowest BCUT2D eigenvalue weighted by Gasteiger charge is -2.38. The van der Waals surface area contributed by atoms with E-state index in [1.54, 1.807) is 0 Å². The van der Waals surface area contributed by atoms with Crippen LogP contribution in [0.15, 0.2) is 103 Å². The number of aromatic nitrogens is 1.